The number of carbonyl (C=O) groups excluding carboxylic acids is 1. The van der Waals surface area contributed by atoms with Crippen LogP contribution in [0.15, 0.2) is 30.6 Å². The molecular weight excluding hydrogens is 345 g/mol. The Morgan fingerprint density at radius 1 is 1.24 bits per heavy atom. The van der Waals surface area contributed by atoms with Crippen LogP contribution in [0.4, 0.5) is 27.6 Å². The summed E-state index contributed by atoms with van der Waals surface area (Å²) in [7, 11) is 0. The van der Waals surface area contributed by atoms with E-state index in [0.717, 1.165) is 12.4 Å². The maximum Gasteiger partial charge on any atom is 0.451 e. The number of benzene rings is 1. The lowest BCUT2D eigenvalue weighted by molar-refractivity contribution is -0.145. The molecule has 0 radical (unpaired) electrons. The molecule has 0 unspecified atom stereocenters. The average Bonchev–Trinajstić information content (AvgIpc) is 3.17. The highest BCUT2D eigenvalue weighted by Gasteiger charge is 2.61. The number of halogens is 5. The van der Waals surface area contributed by atoms with E-state index >= 15 is 0 Å². The molecule has 4 nitrogen and oxygen atoms in total. The van der Waals surface area contributed by atoms with E-state index in [1.807, 2.05) is 0 Å². The Hall–Kier alpha value is -2.58. The van der Waals surface area contributed by atoms with Crippen molar-refractivity contribution in [3.8, 4) is 11.1 Å². The van der Waals surface area contributed by atoms with E-state index in [1.165, 1.54) is 12.1 Å². The van der Waals surface area contributed by atoms with E-state index in [2.05, 4.69) is 15.3 Å². The van der Waals surface area contributed by atoms with Gasteiger partial charge in [0, 0.05) is 30.1 Å². The van der Waals surface area contributed by atoms with Crippen molar-refractivity contribution >= 4 is 11.6 Å². The molecule has 1 amide bonds. The number of hydrogen-bond acceptors (Lipinski definition) is 3. The third-order valence-electron chi connectivity index (χ3n) is 3.86. The topological polar surface area (TPSA) is 54.9 Å². The van der Waals surface area contributed by atoms with Crippen LogP contribution < -0.4 is 5.32 Å². The normalized spacial score (nSPS) is 18.7. The standard InChI is InChI=1S/C16H12F5N3O/c1-8-2-3-10(24-13(25)12-5-15(12,17)18)4-11(8)9-6-22-14(23-7-9)16(19,20)21/h2-4,6-7,12H,5H2,1H3,(H,24,25)/t12-/m1/s1. The van der Waals surface area contributed by atoms with Crippen molar-refractivity contribution in [2.24, 2.45) is 5.92 Å². The Balaban J connectivity index is 1.83. The summed E-state index contributed by atoms with van der Waals surface area (Å²) in [5, 5.41) is 2.39. The van der Waals surface area contributed by atoms with Crippen molar-refractivity contribution in [2.45, 2.75) is 25.4 Å². The summed E-state index contributed by atoms with van der Waals surface area (Å²) < 4.78 is 63.4. The summed E-state index contributed by atoms with van der Waals surface area (Å²) in [5.41, 5.74) is 1.79. The lowest BCUT2D eigenvalue weighted by Gasteiger charge is -2.11. The van der Waals surface area contributed by atoms with Crippen LogP contribution in [0.1, 0.15) is 17.8 Å². The number of alkyl halides is 5. The minimum absolute atomic E-state index is 0.271. The molecule has 3 rings (SSSR count). The van der Waals surface area contributed by atoms with Crippen molar-refractivity contribution in [2.75, 3.05) is 5.32 Å². The summed E-state index contributed by atoms with van der Waals surface area (Å²) in [6, 6.07) is 4.63. The number of carbonyl (C=O) groups is 1. The maximum absolute atomic E-state index is 12.9. The highest BCUT2D eigenvalue weighted by atomic mass is 19.4. The van der Waals surface area contributed by atoms with E-state index in [9.17, 15) is 26.7 Å². The third-order valence-corrected chi connectivity index (χ3v) is 3.86. The maximum atomic E-state index is 12.9. The Morgan fingerprint density at radius 2 is 1.84 bits per heavy atom. The lowest BCUT2D eigenvalue weighted by Crippen LogP contribution is -2.17. The molecule has 1 aromatic carbocycles. The second-order valence-electron chi connectivity index (χ2n) is 5.83. The zero-order chi connectivity index (χ0) is 18.4. The Kier molecular flexibility index (Phi) is 3.97. The quantitative estimate of drug-likeness (QED) is 0.843. The van der Waals surface area contributed by atoms with Gasteiger partial charge in [-0.15, -0.1) is 0 Å². The number of anilines is 1. The van der Waals surface area contributed by atoms with Gasteiger partial charge in [-0.3, -0.25) is 4.79 Å². The molecule has 1 heterocycles. The number of amides is 1. The summed E-state index contributed by atoms with van der Waals surface area (Å²) in [5.74, 6) is -6.36. The van der Waals surface area contributed by atoms with Gasteiger partial charge in [-0.2, -0.15) is 13.2 Å². The highest BCUT2D eigenvalue weighted by Crippen LogP contribution is 2.49. The molecule has 1 aliphatic carbocycles. The van der Waals surface area contributed by atoms with E-state index in [0.29, 0.717) is 16.7 Å². The van der Waals surface area contributed by atoms with E-state index in [4.69, 9.17) is 0 Å². The van der Waals surface area contributed by atoms with Gasteiger partial charge in [-0.25, -0.2) is 18.7 Å². The number of nitrogens with one attached hydrogen (secondary N) is 1. The lowest BCUT2D eigenvalue weighted by atomic mass is 10.0. The van der Waals surface area contributed by atoms with Crippen molar-refractivity contribution in [1.29, 1.82) is 0 Å². The fourth-order valence-electron chi connectivity index (χ4n) is 2.35. The van der Waals surface area contributed by atoms with Gasteiger partial charge in [0.15, 0.2) is 0 Å². The average molecular weight is 357 g/mol. The minimum Gasteiger partial charge on any atom is -0.326 e. The molecule has 1 aromatic heterocycles. The predicted molar refractivity (Wildman–Crippen MR) is 78.9 cm³/mol. The zero-order valence-corrected chi connectivity index (χ0v) is 12.9. The first kappa shape index (κ1) is 17.2. The van der Waals surface area contributed by atoms with Crippen LogP contribution in [0.25, 0.3) is 11.1 Å². The largest absolute Gasteiger partial charge is 0.451 e. The summed E-state index contributed by atoms with van der Waals surface area (Å²) in [6.07, 6.45) is -3.07. The van der Waals surface area contributed by atoms with Gasteiger partial charge < -0.3 is 5.32 Å². The molecular formula is C16H12F5N3O. The first-order valence-corrected chi connectivity index (χ1v) is 7.27. The van der Waals surface area contributed by atoms with Gasteiger partial charge in [0.25, 0.3) is 5.92 Å². The zero-order valence-electron chi connectivity index (χ0n) is 12.9. The fraction of sp³-hybridized carbons (Fsp3) is 0.312. The molecule has 0 aliphatic heterocycles. The Morgan fingerprint density at radius 3 is 2.36 bits per heavy atom. The van der Waals surface area contributed by atoms with Crippen LogP contribution in [0.3, 0.4) is 0 Å². The SMILES string of the molecule is Cc1ccc(NC(=O)[C@H]2CC2(F)F)cc1-c1cnc(C(F)(F)F)nc1. The first-order chi connectivity index (χ1) is 11.6. The molecule has 9 heteroatoms. The number of rotatable bonds is 3. The van der Waals surface area contributed by atoms with Crippen molar-refractivity contribution < 1.29 is 26.7 Å². The Bertz CT molecular complexity index is 818. The van der Waals surface area contributed by atoms with Crippen molar-refractivity contribution in [3.05, 3.63) is 42.0 Å². The van der Waals surface area contributed by atoms with E-state index < -0.39 is 36.2 Å². The molecule has 0 bridgehead atoms. The van der Waals surface area contributed by atoms with Crippen molar-refractivity contribution in [1.82, 2.24) is 9.97 Å². The van der Waals surface area contributed by atoms with Crippen LogP contribution >= 0.6 is 0 Å². The fourth-order valence-corrected chi connectivity index (χ4v) is 2.35. The van der Waals surface area contributed by atoms with Crippen LogP contribution in [-0.2, 0) is 11.0 Å². The molecule has 1 aliphatic rings. The molecule has 132 valence electrons. The summed E-state index contributed by atoms with van der Waals surface area (Å²) in [6.45, 7) is 1.72. The molecule has 0 saturated heterocycles. The minimum atomic E-state index is -4.64. The van der Waals surface area contributed by atoms with Gasteiger partial charge in [0.2, 0.25) is 11.7 Å². The molecule has 25 heavy (non-hydrogen) atoms. The predicted octanol–water partition coefficient (Wildman–Crippen LogP) is 4.06. The van der Waals surface area contributed by atoms with Crippen molar-refractivity contribution in [3.63, 3.8) is 0 Å². The second kappa shape index (κ2) is 5.75. The summed E-state index contributed by atoms with van der Waals surface area (Å²) >= 11 is 0. The van der Waals surface area contributed by atoms with Gasteiger partial charge in [0.1, 0.15) is 5.92 Å². The molecule has 1 saturated carbocycles. The Labute approximate surface area is 139 Å². The molecule has 0 spiro atoms. The number of aryl methyl sites for hydroxylation is 1. The molecule has 1 N–H and O–H groups in total. The first-order valence-electron chi connectivity index (χ1n) is 7.27. The third kappa shape index (κ3) is 3.59. The van der Waals surface area contributed by atoms with Crippen LogP contribution in [0, 0.1) is 12.8 Å². The molecule has 1 fully saturated rings. The van der Waals surface area contributed by atoms with E-state index in [-0.39, 0.29) is 5.69 Å². The van der Waals surface area contributed by atoms with Crippen LogP contribution in [-0.4, -0.2) is 21.8 Å². The highest BCUT2D eigenvalue weighted by molar-refractivity contribution is 5.96. The second-order valence-corrected chi connectivity index (χ2v) is 5.83. The van der Waals surface area contributed by atoms with Crippen LogP contribution in [0.5, 0.6) is 0 Å². The smallest absolute Gasteiger partial charge is 0.326 e. The van der Waals surface area contributed by atoms with Gasteiger partial charge in [-0.1, -0.05) is 6.07 Å². The summed E-state index contributed by atoms with van der Waals surface area (Å²) in [4.78, 5) is 18.3. The van der Waals surface area contributed by atoms with Gasteiger partial charge in [-0.05, 0) is 30.2 Å². The molecule has 1 atom stereocenters. The van der Waals surface area contributed by atoms with Gasteiger partial charge >= 0.3 is 6.18 Å². The monoisotopic (exact) mass is 357 g/mol. The van der Waals surface area contributed by atoms with Crippen LogP contribution in [0.2, 0.25) is 0 Å². The number of nitrogens with zero attached hydrogens (tertiary/aromatic N) is 2. The number of hydrogen-bond donors (Lipinski definition) is 1. The number of aromatic nitrogens is 2. The van der Waals surface area contributed by atoms with E-state index in [1.54, 1.807) is 13.0 Å². The van der Waals surface area contributed by atoms with Gasteiger partial charge in [0.05, 0.1) is 0 Å². The molecule has 2 aromatic rings.